The Balaban J connectivity index is 1.78. The van der Waals surface area contributed by atoms with E-state index in [2.05, 4.69) is 48.6 Å². The molecule has 1 aromatic rings. The van der Waals surface area contributed by atoms with Gasteiger partial charge in [0.15, 0.2) is 0 Å². The Morgan fingerprint density at radius 3 is 2.40 bits per heavy atom. The number of rotatable bonds is 4. The lowest BCUT2D eigenvalue weighted by Crippen LogP contribution is -2.52. The molecular formula is C17H22ClIO. The summed E-state index contributed by atoms with van der Waals surface area (Å²) >= 11 is 8.48. The van der Waals surface area contributed by atoms with E-state index >= 15 is 0 Å². The summed E-state index contributed by atoms with van der Waals surface area (Å²) in [5, 5.41) is 0.789. The smallest absolute Gasteiger partial charge is 0.0857 e. The van der Waals surface area contributed by atoms with Crippen molar-refractivity contribution in [2.45, 2.75) is 45.3 Å². The second-order valence-corrected chi connectivity index (χ2v) is 8.07. The summed E-state index contributed by atoms with van der Waals surface area (Å²) in [4.78, 5) is 0. The van der Waals surface area contributed by atoms with Gasteiger partial charge in [-0.1, -0.05) is 60.2 Å². The molecule has 0 N–H and O–H groups in total. The molecule has 3 atom stereocenters. The van der Waals surface area contributed by atoms with Gasteiger partial charge in [-0.05, 0) is 54.2 Å². The predicted molar refractivity (Wildman–Crippen MR) is 92.5 cm³/mol. The summed E-state index contributed by atoms with van der Waals surface area (Å²) in [6, 6.07) is 8.04. The lowest BCUT2D eigenvalue weighted by Gasteiger charge is -2.48. The van der Waals surface area contributed by atoms with Crippen molar-refractivity contribution in [2.24, 2.45) is 17.3 Å². The minimum absolute atomic E-state index is 0.0517. The average Bonchev–Trinajstić information content (AvgIpc) is 2.98. The van der Waals surface area contributed by atoms with Gasteiger partial charge in [0.05, 0.1) is 12.2 Å². The van der Waals surface area contributed by atoms with Gasteiger partial charge in [0.2, 0.25) is 0 Å². The second-order valence-electron chi connectivity index (χ2n) is 6.87. The van der Waals surface area contributed by atoms with Crippen molar-refractivity contribution < 1.29 is 4.74 Å². The molecule has 2 bridgehead atoms. The summed E-state index contributed by atoms with van der Waals surface area (Å²) in [7, 11) is 0. The van der Waals surface area contributed by atoms with E-state index in [-0.39, 0.29) is 5.60 Å². The number of fused-ring (bicyclic) bond motifs is 2. The highest BCUT2D eigenvalue weighted by molar-refractivity contribution is 14.1. The fraction of sp³-hybridized carbons (Fsp3) is 0.647. The molecule has 3 unspecified atom stereocenters. The molecule has 2 aliphatic rings. The molecule has 110 valence electrons. The largest absolute Gasteiger partial charge is 0.369 e. The van der Waals surface area contributed by atoms with Crippen LogP contribution in [-0.4, -0.2) is 10.0 Å². The molecule has 2 fully saturated rings. The van der Waals surface area contributed by atoms with Crippen LogP contribution in [0.15, 0.2) is 24.3 Å². The van der Waals surface area contributed by atoms with Crippen molar-refractivity contribution in [2.75, 3.05) is 4.43 Å². The first-order chi connectivity index (χ1) is 9.49. The van der Waals surface area contributed by atoms with Crippen LogP contribution in [0.2, 0.25) is 5.02 Å². The number of hydrogen-bond acceptors (Lipinski definition) is 1. The molecule has 2 saturated carbocycles. The summed E-state index contributed by atoms with van der Waals surface area (Å²) < 4.78 is 7.65. The number of halogens is 2. The summed E-state index contributed by atoms with van der Waals surface area (Å²) in [5.74, 6) is 1.58. The number of alkyl halides is 1. The van der Waals surface area contributed by atoms with Crippen molar-refractivity contribution in [3.05, 3.63) is 34.9 Å². The first-order valence-corrected chi connectivity index (χ1v) is 9.34. The van der Waals surface area contributed by atoms with Gasteiger partial charge in [0.1, 0.15) is 0 Å². The van der Waals surface area contributed by atoms with E-state index < -0.39 is 0 Å². The summed E-state index contributed by atoms with van der Waals surface area (Å²) in [6.45, 7) is 5.53. The maximum absolute atomic E-state index is 6.56. The van der Waals surface area contributed by atoms with Crippen LogP contribution < -0.4 is 0 Å². The van der Waals surface area contributed by atoms with Crippen LogP contribution in [0.4, 0.5) is 0 Å². The molecule has 0 amide bonds. The molecule has 3 heteroatoms. The summed E-state index contributed by atoms with van der Waals surface area (Å²) in [5.41, 5.74) is 1.57. The number of benzene rings is 1. The monoisotopic (exact) mass is 404 g/mol. The van der Waals surface area contributed by atoms with Crippen molar-refractivity contribution in [1.82, 2.24) is 0 Å². The van der Waals surface area contributed by atoms with Crippen LogP contribution in [0.1, 0.15) is 38.7 Å². The maximum Gasteiger partial charge on any atom is 0.0857 e. The third kappa shape index (κ3) is 2.22. The molecule has 20 heavy (non-hydrogen) atoms. The minimum Gasteiger partial charge on any atom is -0.369 e. The average molecular weight is 405 g/mol. The third-order valence-electron chi connectivity index (χ3n) is 5.81. The van der Waals surface area contributed by atoms with Crippen LogP contribution in [0.5, 0.6) is 0 Å². The molecule has 3 rings (SSSR count). The first kappa shape index (κ1) is 15.1. The van der Waals surface area contributed by atoms with E-state index in [0.717, 1.165) is 21.3 Å². The predicted octanol–water partition coefficient (Wildman–Crippen LogP) is 5.49. The van der Waals surface area contributed by atoms with Gasteiger partial charge < -0.3 is 4.74 Å². The van der Waals surface area contributed by atoms with Gasteiger partial charge in [-0.3, -0.25) is 0 Å². The molecular weight excluding hydrogens is 383 g/mol. The lowest BCUT2D eigenvalue weighted by molar-refractivity contribution is -0.144. The van der Waals surface area contributed by atoms with Crippen molar-refractivity contribution >= 4 is 34.2 Å². The molecule has 1 nitrogen and oxygen atoms in total. The van der Waals surface area contributed by atoms with E-state index in [1.807, 2.05) is 12.1 Å². The van der Waals surface area contributed by atoms with Gasteiger partial charge in [0.25, 0.3) is 0 Å². The Morgan fingerprint density at radius 1 is 1.20 bits per heavy atom. The van der Waals surface area contributed by atoms with Crippen LogP contribution in [0.25, 0.3) is 0 Å². The van der Waals surface area contributed by atoms with Gasteiger partial charge in [0, 0.05) is 9.45 Å². The maximum atomic E-state index is 6.56. The van der Waals surface area contributed by atoms with Gasteiger partial charge in [-0.15, -0.1) is 0 Å². The van der Waals surface area contributed by atoms with Crippen molar-refractivity contribution in [3.8, 4) is 0 Å². The van der Waals surface area contributed by atoms with Crippen LogP contribution in [-0.2, 0) is 11.3 Å². The molecule has 0 heterocycles. The van der Waals surface area contributed by atoms with Crippen molar-refractivity contribution in [1.29, 1.82) is 0 Å². The number of ether oxygens (including phenoxy) is 1. The van der Waals surface area contributed by atoms with Crippen LogP contribution in [0, 0.1) is 17.3 Å². The molecule has 0 spiro atoms. The first-order valence-electron chi connectivity index (χ1n) is 7.44. The Morgan fingerprint density at radius 2 is 1.85 bits per heavy atom. The molecule has 0 saturated heterocycles. The van der Waals surface area contributed by atoms with E-state index in [0.29, 0.717) is 12.0 Å². The Bertz CT molecular complexity index is 484. The van der Waals surface area contributed by atoms with E-state index in [4.69, 9.17) is 16.3 Å². The quantitative estimate of drug-likeness (QED) is 0.476. The summed E-state index contributed by atoms with van der Waals surface area (Å²) in [6.07, 6.45) is 4.09. The number of hydrogen-bond donors (Lipinski definition) is 0. The Hall–Kier alpha value is 0.200. The minimum atomic E-state index is 0.0517. The van der Waals surface area contributed by atoms with Crippen molar-refractivity contribution in [3.63, 3.8) is 0 Å². The van der Waals surface area contributed by atoms with Crippen LogP contribution >= 0.6 is 34.2 Å². The molecule has 2 aliphatic carbocycles. The zero-order valence-corrected chi connectivity index (χ0v) is 15.1. The normalized spacial score (nSPS) is 34.6. The molecule has 0 aromatic heterocycles. The fourth-order valence-electron chi connectivity index (χ4n) is 4.35. The standard InChI is InChI=1S/C17H22ClIO/c1-16(2)13-5-6-14(9-13)17(16,11-19)20-10-12-3-7-15(18)8-4-12/h3-4,7-8,13-14H,5-6,9-11H2,1-2H3. The van der Waals surface area contributed by atoms with E-state index in [1.165, 1.54) is 24.8 Å². The highest BCUT2D eigenvalue weighted by Crippen LogP contribution is 2.63. The van der Waals surface area contributed by atoms with Gasteiger partial charge in [-0.2, -0.15) is 0 Å². The third-order valence-corrected chi connectivity index (χ3v) is 7.20. The lowest BCUT2D eigenvalue weighted by atomic mass is 9.66. The highest BCUT2D eigenvalue weighted by atomic mass is 127. The topological polar surface area (TPSA) is 9.23 Å². The zero-order valence-electron chi connectivity index (χ0n) is 12.2. The van der Waals surface area contributed by atoms with Gasteiger partial charge >= 0.3 is 0 Å². The van der Waals surface area contributed by atoms with Crippen LogP contribution in [0.3, 0.4) is 0 Å². The van der Waals surface area contributed by atoms with E-state index in [9.17, 15) is 0 Å². The SMILES string of the molecule is CC1(C)C2CCC(C2)C1(CI)OCc1ccc(Cl)cc1. The van der Waals surface area contributed by atoms with Gasteiger partial charge in [-0.25, -0.2) is 0 Å². The second kappa shape index (κ2) is 5.44. The molecule has 0 radical (unpaired) electrons. The Kier molecular flexibility index (Phi) is 4.11. The van der Waals surface area contributed by atoms with E-state index in [1.54, 1.807) is 0 Å². The molecule has 1 aromatic carbocycles. The highest BCUT2D eigenvalue weighted by Gasteiger charge is 2.63. The molecule has 0 aliphatic heterocycles. The Labute approximate surface area is 140 Å². The zero-order chi connectivity index (χ0) is 14.4. The fourth-order valence-corrected chi connectivity index (χ4v) is 6.30.